The molecule has 8 heteroatoms. The van der Waals surface area contributed by atoms with Gasteiger partial charge >= 0.3 is 0 Å². The number of benzene rings is 2. The first-order chi connectivity index (χ1) is 13.1. The van der Waals surface area contributed by atoms with Gasteiger partial charge in [-0.15, -0.1) is 10.2 Å². The van der Waals surface area contributed by atoms with Crippen LogP contribution < -0.4 is 0 Å². The fourth-order valence-electron chi connectivity index (χ4n) is 2.94. The van der Waals surface area contributed by atoms with Crippen molar-refractivity contribution in [2.24, 2.45) is 0 Å². The van der Waals surface area contributed by atoms with Crippen LogP contribution in [0.1, 0.15) is 36.9 Å². The van der Waals surface area contributed by atoms with Crippen molar-refractivity contribution in [2.75, 3.05) is 6.54 Å². The lowest BCUT2D eigenvalue weighted by Gasteiger charge is -2.11. The van der Waals surface area contributed by atoms with E-state index in [4.69, 9.17) is 0 Å². The first-order valence-corrected chi connectivity index (χ1v) is 8.43. The molecule has 27 heavy (non-hydrogen) atoms. The Balaban J connectivity index is 1.39. The van der Waals surface area contributed by atoms with Crippen LogP contribution in [0.5, 0.6) is 0 Å². The van der Waals surface area contributed by atoms with Crippen molar-refractivity contribution in [1.82, 2.24) is 25.1 Å². The van der Waals surface area contributed by atoms with Crippen LogP contribution in [-0.4, -0.2) is 49.2 Å². The Labute approximate surface area is 154 Å². The molecule has 4 rings (SSSR count). The van der Waals surface area contributed by atoms with E-state index < -0.39 is 0 Å². The molecule has 0 unspecified atom stereocenters. The number of aromatic nitrogens is 4. The summed E-state index contributed by atoms with van der Waals surface area (Å²) in [6.07, 6.45) is 0.269. The van der Waals surface area contributed by atoms with Crippen LogP contribution in [0.4, 0.5) is 0 Å². The summed E-state index contributed by atoms with van der Waals surface area (Å²) in [6.45, 7) is 0.134. The predicted octanol–water partition coefficient (Wildman–Crippen LogP) is 1.39. The topological polar surface area (TPSA) is 98.0 Å². The van der Waals surface area contributed by atoms with Crippen LogP contribution in [0.2, 0.25) is 0 Å². The minimum Gasteiger partial charge on any atom is -0.292 e. The molecule has 0 spiro atoms. The van der Waals surface area contributed by atoms with Gasteiger partial charge in [-0.2, -0.15) is 4.80 Å². The van der Waals surface area contributed by atoms with Crippen LogP contribution in [0.3, 0.4) is 0 Å². The zero-order chi connectivity index (χ0) is 18.8. The number of carbonyl (C=O) groups excluding carboxylic acids is 3. The maximum absolute atomic E-state index is 12.3. The number of imide groups is 1. The van der Waals surface area contributed by atoms with Crippen molar-refractivity contribution >= 4 is 17.6 Å². The van der Waals surface area contributed by atoms with E-state index in [1.165, 1.54) is 9.70 Å². The summed E-state index contributed by atoms with van der Waals surface area (Å²) in [4.78, 5) is 39.2. The average Bonchev–Trinajstić information content (AvgIpc) is 3.24. The van der Waals surface area contributed by atoms with Gasteiger partial charge in [0.2, 0.25) is 0 Å². The lowest BCUT2D eigenvalue weighted by Crippen LogP contribution is -2.32. The number of amides is 2. The number of rotatable bonds is 6. The van der Waals surface area contributed by atoms with Gasteiger partial charge in [0, 0.05) is 18.5 Å². The van der Waals surface area contributed by atoms with E-state index in [-0.39, 0.29) is 37.1 Å². The number of hydrogen-bond donors (Lipinski definition) is 0. The summed E-state index contributed by atoms with van der Waals surface area (Å²) in [5.41, 5.74) is 1.39. The van der Waals surface area contributed by atoms with Gasteiger partial charge in [0.25, 0.3) is 11.8 Å². The Morgan fingerprint density at radius 2 is 1.52 bits per heavy atom. The normalized spacial score (nSPS) is 13.1. The van der Waals surface area contributed by atoms with Gasteiger partial charge in [0.05, 0.1) is 11.1 Å². The van der Waals surface area contributed by atoms with E-state index in [1.54, 1.807) is 48.5 Å². The molecule has 0 bridgehead atoms. The van der Waals surface area contributed by atoms with E-state index in [2.05, 4.69) is 15.4 Å². The fourth-order valence-corrected chi connectivity index (χ4v) is 2.94. The molecule has 0 saturated carbocycles. The first kappa shape index (κ1) is 16.8. The summed E-state index contributed by atoms with van der Waals surface area (Å²) < 4.78 is 0. The Kier molecular flexibility index (Phi) is 4.29. The molecule has 0 aliphatic carbocycles. The molecule has 134 valence electrons. The summed E-state index contributed by atoms with van der Waals surface area (Å²) >= 11 is 0. The monoisotopic (exact) mass is 361 g/mol. The fraction of sp³-hybridized carbons (Fsp3) is 0.158. The van der Waals surface area contributed by atoms with Crippen molar-refractivity contribution in [3.8, 4) is 0 Å². The third-order valence-corrected chi connectivity index (χ3v) is 4.31. The first-order valence-electron chi connectivity index (χ1n) is 8.43. The molecule has 2 aromatic carbocycles. The van der Waals surface area contributed by atoms with Crippen molar-refractivity contribution in [1.29, 1.82) is 0 Å². The predicted molar refractivity (Wildman–Crippen MR) is 94.1 cm³/mol. The molecule has 2 heterocycles. The number of fused-ring (bicyclic) bond motifs is 1. The zero-order valence-electron chi connectivity index (χ0n) is 14.3. The van der Waals surface area contributed by atoms with Crippen LogP contribution in [-0.2, 0) is 13.0 Å². The van der Waals surface area contributed by atoms with E-state index >= 15 is 0 Å². The molecule has 8 nitrogen and oxygen atoms in total. The highest BCUT2D eigenvalue weighted by atomic mass is 16.2. The van der Waals surface area contributed by atoms with Gasteiger partial charge < -0.3 is 0 Å². The van der Waals surface area contributed by atoms with Crippen LogP contribution in [0.25, 0.3) is 0 Å². The smallest absolute Gasteiger partial charge is 0.261 e. The quantitative estimate of drug-likeness (QED) is 0.486. The molecule has 3 aromatic rings. The average molecular weight is 361 g/mol. The van der Waals surface area contributed by atoms with Gasteiger partial charge in [-0.05, 0) is 17.3 Å². The van der Waals surface area contributed by atoms with E-state index in [0.29, 0.717) is 22.5 Å². The largest absolute Gasteiger partial charge is 0.292 e. The summed E-state index contributed by atoms with van der Waals surface area (Å²) in [7, 11) is 0. The minimum atomic E-state index is -0.317. The molecular weight excluding hydrogens is 346 g/mol. The highest BCUT2D eigenvalue weighted by Crippen LogP contribution is 2.22. The molecule has 0 atom stereocenters. The molecule has 0 N–H and O–H groups in total. The molecule has 0 radical (unpaired) electrons. The van der Waals surface area contributed by atoms with Gasteiger partial charge in [-0.1, -0.05) is 42.5 Å². The van der Waals surface area contributed by atoms with Crippen LogP contribution in [0.15, 0.2) is 54.6 Å². The highest BCUT2D eigenvalue weighted by Gasteiger charge is 2.34. The second-order valence-corrected chi connectivity index (χ2v) is 6.08. The van der Waals surface area contributed by atoms with E-state index in [0.717, 1.165) is 0 Å². The molecule has 0 fully saturated rings. The number of ketones is 1. The van der Waals surface area contributed by atoms with E-state index in [1.807, 2.05) is 6.07 Å². The summed E-state index contributed by atoms with van der Waals surface area (Å²) in [6, 6.07) is 15.6. The van der Waals surface area contributed by atoms with Crippen molar-refractivity contribution in [3.63, 3.8) is 0 Å². The number of carbonyl (C=O) groups is 3. The van der Waals surface area contributed by atoms with Crippen molar-refractivity contribution in [2.45, 2.75) is 13.0 Å². The number of hydrogen-bond acceptors (Lipinski definition) is 6. The molecule has 2 amide bonds. The van der Waals surface area contributed by atoms with Gasteiger partial charge in [-0.25, -0.2) is 0 Å². The van der Waals surface area contributed by atoms with Gasteiger partial charge in [-0.3, -0.25) is 19.3 Å². The maximum atomic E-state index is 12.3. The van der Waals surface area contributed by atoms with Crippen LogP contribution in [0, 0.1) is 0 Å². The second kappa shape index (κ2) is 6.91. The Morgan fingerprint density at radius 3 is 2.19 bits per heavy atom. The molecule has 1 aliphatic rings. The van der Waals surface area contributed by atoms with Crippen LogP contribution >= 0.6 is 0 Å². The molecule has 1 aromatic heterocycles. The Hall–Kier alpha value is -3.68. The lowest BCUT2D eigenvalue weighted by molar-refractivity contribution is 0.0655. The second-order valence-electron chi connectivity index (χ2n) is 6.08. The Bertz CT molecular complexity index is 994. The lowest BCUT2D eigenvalue weighted by atomic mass is 10.1. The molecule has 0 saturated heterocycles. The SMILES string of the molecule is O=C(Cn1nnc(CCN2C(=O)c3ccccc3C2=O)n1)c1ccccc1. The number of nitrogens with zero attached hydrogens (tertiary/aromatic N) is 5. The van der Waals surface area contributed by atoms with Crippen molar-refractivity contribution in [3.05, 3.63) is 77.1 Å². The maximum Gasteiger partial charge on any atom is 0.261 e. The minimum absolute atomic E-state index is 0.0238. The highest BCUT2D eigenvalue weighted by molar-refractivity contribution is 6.21. The number of Topliss-reactive ketones (excluding diaryl/α,β-unsaturated/α-hetero) is 1. The van der Waals surface area contributed by atoms with Gasteiger partial charge in [0.1, 0.15) is 6.54 Å². The summed E-state index contributed by atoms with van der Waals surface area (Å²) in [5, 5.41) is 11.9. The third kappa shape index (κ3) is 3.24. The number of tetrazole rings is 1. The summed E-state index contributed by atoms with van der Waals surface area (Å²) in [5.74, 6) is -0.392. The zero-order valence-corrected chi connectivity index (χ0v) is 14.3. The third-order valence-electron chi connectivity index (χ3n) is 4.31. The van der Waals surface area contributed by atoms with Crippen molar-refractivity contribution < 1.29 is 14.4 Å². The molecular formula is C19H15N5O3. The Morgan fingerprint density at radius 1 is 0.889 bits per heavy atom. The standard InChI is InChI=1S/C19H15N5O3/c25-16(13-6-2-1-3-7-13)12-24-21-17(20-22-24)10-11-23-18(26)14-8-4-5-9-15(14)19(23)27/h1-9H,10-12H2. The van der Waals surface area contributed by atoms with Gasteiger partial charge in [0.15, 0.2) is 11.6 Å². The molecule has 1 aliphatic heterocycles. The van der Waals surface area contributed by atoms with E-state index in [9.17, 15) is 14.4 Å².